The maximum atomic E-state index is 12.2. The highest BCUT2D eigenvalue weighted by molar-refractivity contribution is 5.91. The molecule has 118 valence electrons. The molecule has 3 rings (SSSR count). The molecule has 0 spiro atoms. The summed E-state index contributed by atoms with van der Waals surface area (Å²) in [6.07, 6.45) is 3.40. The van der Waals surface area contributed by atoms with Crippen LogP contribution in [-0.4, -0.2) is 28.1 Å². The average Bonchev–Trinajstić information content (AvgIpc) is 2.87. The highest BCUT2D eigenvalue weighted by Gasteiger charge is 2.40. The number of benzene rings is 1. The zero-order valence-electron chi connectivity index (χ0n) is 13.5. The summed E-state index contributed by atoms with van der Waals surface area (Å²) in [6.45, 7) is 6.45. The van der Waals surface area contributed by atoms with Crippen molar-refractivity contribution in [2.24, 2.45) is 0 Å². The smallest absolute Gasteiger partial charge is 0.227 e. The van der Waals surface area contributed by atoms with Gasteiger partial charge in [0.15, 0.2) is 11.4 Å². The van der Waals surface area contributed by atoms with E-state index in [1.807, 2.05) is 26.0 Å². The van der Waals surface area contributed by atoms with Crippen molar-refractivity contribution in [2.75, 3.05) is 6.54 Å². The van der Waals surface area contributed by atoms with Gasteiger partial charge in [-0.15, -0.1) is 0 Å². The van der Waals surface area contributed by atoms with E-state index in [0.717, 1.165) is 30.6 Å². The Balaban J connectivity index is 2.15. The fourth-order valence-corrected chi connectivity index (χ4v) is 3.19. The lowest BCUT2D eigenvalue weighted by Gasteiger charge is -2.36. The summed E-state index contributed by atoms with van der Waals surface area (Å²) >= 11 is 0. The number of ether oxygens (including phenoxy) is 1. The lowest BCUT2D eigenvalue weighted by Crippen LogP contribution is -2.39. The number of amides is 1. The van der Waals surface area contributed by atoms with Crippen LogP contribution in [0.2, 0.25) is 0 Å². The van der Waals surface area contributed by atoms with Crippen LogP contribution in [0.3, 0.4) is 0 Å². The first-order valence-electron chi connectivity index (χ1n) is 8.00. The van der Waals surface area contributed by atoms with Crippen LogP contribution in [0.1, 0.15) is 51.2 Å². The molecule has 1 aromatic rings. The monoisotopic (exact) mass is 301 g/mol. The minimum Gasteiger partial charge on any atom is -0.506 e. The topological polar surface area (TPSA) is 49.8 Å². The molecule has 4 nitrogen and oxygen atoms in total. The normalized spacial score (nSPS) is 20.1. The average molecular weight is 301 g/mol. The molecule has 1 fully saturated rings. The van der Waals surface area contributed by atoms with Crippen molar-refractivity contribution in [1.29, 1.82) is 0 Å². The van der Waals surface area contributed by atoms with Crippen molar-refractivity contribution in [2.45, 2.75) is 52.1 Å². The van der Waals surface area contributed by atoms with Crippen LogP contribution in [0, 0.1) is 0 Å². The van der Waals surface area contributed by atoms with Gasteiger partial charge < -0.3 is 14.7 Å². The highest BCUT2D eigenvalue weighted by atomic mass is 16.5. The van der Waals surface area contributed by atoms with E-state index < -0.39 is 5.60 Å². The van der Waals surface area contributed by atoms with Gasteiger partial charge in [-0.3, -0.25) is 4.79 Å². The molecule has 22 heavy (non-hydrogen) atoms. The summed E-state index contributed by atoms with van der Waals surface area (Å²) < 4.78 is 5.94. The van der Waals surface area contributed by atoms with Gasteiger partial charge in [0.2, 0.25) is 5.91 Å². The Bertz CT molecular complexity index is 646. The number of fused-ring (bicyclic) bond motifs is 1. The third-order valence-electron chi connectivity index (χ3n) is 4.34. The molecule has 1 amide bonds. The van der Waals surface area contributed by atoms with Crippen LogP contribution in [0.4, 0.5) is 0 Å². The van der Waals surface area contributed by atoms with Gasteiger partial charge >= 0.3 is 0 Å². The zero-order valence-corrected chi connectivity index (χ0v) is 13.5. The van der Waals surface area contributed by atoms with Gasteiger partial charge in [-0.25, -0.2) is 0 Å². The molecule has 2 aliphatic rings. The second kappa shape index (κ2) is 5.34. The molecule has 2 aliphatic heterocycles. The number of rotatable bonds is 3. The molecule has 1 aromatic carbocycles. The van der Waals surface area contributed by atoms with Gasteiger partial charge in [0.1, 0.15) is 5.75 Å². The summed E-state index contributed by atoms with van der Waals surface area (Å²) in [5, 5.41) is 10.7. The van der Waals surface area contributed by atoms with Crippen molar-refractivity contribution >= 4 is 11.6 Å². The van der Waals surface area contributed by atoms with Crippen LogP contribution in [0.15, 0.2) is 24.0 Å². The molecular formula is C18H23NO3. The first-order chi connectivity index (χ1) is 10.4. The number of hydrogen-bond acceptors (Lipinski definition) is 3. The fourth-order valence-electron chi connectivity index (χ4n) is 3.19. The van der Waals surface area contributed by atoms with Gasteiger partial charge in [-0.05, 0) is 44.4 Å². The minimum atomic E-state index is -0.822. The van der Waals surface area contributed by atoms with E-state index >= 15 is 0 Å². The molecule has 0 bridgehead atoms. The number of aliphatic hydroxyl groups excluding tert-OH is 1. The van der Waals surface area contributed by atoms with Crippen LogP contribution in [0.5, 0.6) is 5.75 Å². The summed E-state index contributed by atoms with van der Waals surface area (Å²) in [6, 6.07) is 6.06. The minimum absolute atomic E-state index is 0.0751. The van der Waals surface area contributed by atoms with Gasteiger partial charge in [0.05, 0.1) is 5.70 Å². The Morgan fingerprint density at radius 3 is 2.77 bits per heavy atom. The molecule has 1 saturated heterocycles. The second-order valence-corrected chi connectivity index (χ2v) is 6.54. The van der Waals surface area contributed by atoms with Crippen molar-refractivity contribution in [3.63, 3.8) is 0 Å². The van der Waals surface area contributed by atoms with Crippen molar-refractivity contribution in [1.82, 2.24) is 4.90 Å². The van der Waals surface area contributed by atoms with E-state index in [4.69, 9.17) is 4.74 Å². The Hall–Kier alpha value is -1.97. The number of aryl methyl sites for hydroxylation is 1. The quantitative estimate of drug-likeness (QED) is 0.927. The molecule has 0 atom stereocenters. The van der Waals surface area contributed by atoms with Gasteiger partial charge in [0, 0.05) is 18.5 Å². The number of likely N-dealkylation sites (tertiary alicyclic amines) is 1. The van der Waals surface area contributed by atoms with Crippen molar-refractivity contribution < 1.29 is 14.6 Å². The Morgan fingerprint density at radius 1 is 1.36 bits per heavy atom. The number of aliphatic hydroxyl groups is 1. The van der Waals surface area contributed by atoms with Crippen molar-refractivity contribution in [3.8, 4) is 5.75 Å². The molecule has 2 heterocycles. The van der Waals surface area contributed by atoms with Crippen LogP contribution in [0.25, 0.3) is 5.70 Å². The van der Waals surface area contributed by atoms with Crippen LogP contribution >= 0.6 is 0 Å². The Labute approximate surface area is 131 Å². The number of carbonyl (C=O) groups excluding carboxylic acids is 1. The second-order valence-electron chi connectivity index (χ2n) is 6.54. The summed E-state index contributed by atoms with van der Waals surface area (Å²) in [7, 11) is 0. The molecule has 0 aromatic heterocycles. The standard InChI is InChI=1S/C18H23NO3/c1-4-6-12-8-9-14-13(11-12)16(17(21)18(2,3)22-14)19-10-5-7-15(19)20/h8-9,11,21H,4-7,10H2,1-3H3. The third-order valence-corrected chi connectivity index (χ3v) is 4.34. The van der Waals surface area contributed by atoms with E-state index in [2.05, 4.69) is 13.0 Å². The first-order valence-corrected chi connectivity index (χ1v) is 8.00. The predicted molar refractivity (Wildman–Crippen MR) is 85.6 cm³/mol. The number of hydrogen-bond donors (Lipinski definition) is 1. The zero-order chi connectivity index (χ0) is 15.9. The summed E-state index contributed by atoms with van der Waals surface area (Å²) in [5.41, 5.74) is 1.84. The van der Waals surface area contributed by atoms with Gasteiger partial charge in [-0.1, -0.05) is 19.4 Å². The van der Waals surface area contributed by atoms with E-state index in [1.165, 1.54) is 5.56 Å². The molecule has 0 aliphatic carbocycles. The third kappa shape index (κ3) is 2.36. The SMILES string of the molecule is CCCc1ccc2c(c1)C(N1CCCC1=O)=C(O)C(C)(C)O2. The first kappa shape index (κ1) is 14.9. The van der Waals surface area contributed by atoms with Crippen LogP contribution < -0.4 is 4.74 Å². The van der Waals surface area contributed by atoms with Gasteiger partial charge in [-0.2, -0.15) is 0 Å². The Kier molecular flexibility index (Phi) is 3.63. The lowest BCUT2D eigenvalue weighted by molar-refractivity contribution is -0.125. The largest absolute Gasteiger partial charge is 0.506 e. The van der Waals surface area contributed by atoms with Crippen molar-refractivity contribution in [3.05, 3.63) is 35.1 Å². The lowest BCUT2D eigenvalue weighted by atomic mass is 9.94. The molecule has 1 N–H and O–H groups in total. The molecule has 0 unspecified atom stereocenters. The predicted octanol–water partition coefficient (Wildman–Crippen LogP) is 3.66. The molecule has 0 saturated carbocycles. The highest BCUT2D eigenvalue weighted by Crippen LogP contribution is 2.43. The van der Waals surface area contributed by atoms with Crippen LogP contribution in [-0.2, 0) is 11.2 Å². The molecule has 4 heteroatoms. The van der Waals surface area contributed by atoms with E-state index in [0.29, 0.717) is 18.7 Å². The molecule has 0 radical (unpaired) electrons. The fraction of sp³-hybridized carbons (Fsp3) is 0.500. The summed E-state index contributed by atoms with van der Waals surface area (Å²) in [5.74, 6) is 0.951. The number of carbonyl (C=O) groups is 1. The van der Waals surface area contributed by atoms with E-state index in [1.54, 1.807) is 4.90 Å². The maximum absolute atomic E-state index is 12.2. The van der Waals surface area contributed by atoms with E-state index in [9.17, 15) is 9.90 Å². The van der Waals surface area contributed by atoms with Gasteiger partial charge in [0.25, 0.3) is 0 Å². The maximum Gasteiger partial charge on any atom is 0.227 e. The van der Waals surface area contributed by atoms with E-state index in [-0.39, 0.29) is 11.7 Å². The molecular weight excluding hydrogens is 278 g/mol. The Morgan fingerprint density at radius 2 is 2.14 bits per heavy atom. The summed E-state index contributed by atoms with van der Waals surface area (Å²) in [4.78, 5) is 13.9. The number of nitrogens with zero attached hydrogens (tertiary/aromatic N) is 1.